The number of alkyl halides is 1. The lowest BCUT2D eigenvalue weighted by Crippen LogP contribution is -2.19. The molecule has 0 bridgehead atoms. The Balaban J connectivity index is 3.32. The second-order valence-electron chi connectivity index (χ2n) is 1.33. The Labute approximate surface area is 51.9 Å². The Hall–Kier alpha value is -0.280. The van der Waals surface area contributed by atoms with Crippen LogP contribution in [0.15, 0.2) is 0 Å². The third kappa shape index (κ3) is 2.82. The summed E-state index contributed by atoms with van der Waals surface area (Å²) in [6, 6.07) is 0. The van der Waals surface area contributed by atoms with Gasteiger partial charge in [-0.15, -0.1) is 11.6 Å². The number of carboxylic acids is 1. The standard InChI is InChI=1S/C4H7ClO3/c5-2-1-3(6)4(7)8/h3,6H,1-2H2,(H,7,8)/t3-/m1/s1. The molecule has 0 aliphatic carbocycles. The fourth-order valence-corrected chi connectivity index (χ4v) is 0.434. The van der Waals surface area contributed by atoms with E-state index in [0.717, 1.165) is 0 Å². The number of halogens is 1. The summed E-state index contributed by atoms with van der Waals surface area (Å²) in [6.45, 7) is 0. The van der Waals surface area contributed by atoms with Crippen molar-refractivity contribution in [1.82, 2.24) is 0 Å². The van der Waals surface area contributed by atoms with E-state index in [1.165, 1.54) is 0 Å². The molecule has 0 saturated carbocycles. The molecule has 0 aromatic carbocycles. The van der Waals surface area contributed by atoms with Crippen LogP contribution in [-0.2, 0) is 4.79 Å². The van der Waals surface area contributed by atoms with Crippen molar-refractivity contribution in [3.05, 3.63) is 0 Å². The Kier molecular flexibility index (Phi) is 3.56. The Bertz CT molecular complexity index is 83.4. The summed E-state index contributed by atoms with van der Waals surface area (Å²) in [7, 11) is 0. The Morgan fingerprint density at radius 3 is 2.38 bits per heavy atom. The third-order valence-corrected chi connectivity index (χ3v) is 0.886. The van der Waals surface area contributed by atoms with Gasteiger partial charge in [-0.05, 0) is 6.42 Å². The van der Waals surface area contributed by atoms with Crippen LogP contribution in [0.1, 0.15) is 6.42 Å². The molecule has 2 N–H and O–H groups in total. The van der Waals surface area contributed by atoms with Crippen LogP contribution >= 0.6 is 11.6 Å². The van der Waals surface area contributed by atoms with Crippen molar-refractivity contribution in [2.45, 2.75) is 12.5 Å². The van der Waals surface area contributed by atoms with Crippen molar-refractivity contribution in [1.29, 1.82) is 0 Å². The van der Waals surface area contributed by atoms with E-state index in [0.29, 0.717) is 0 Å². The van der Waals surface area contributed by atoms with E-state index in [-0.39, 0.29) is 12.3 Å². The SMILES string of the molecule is O=C(O)[C@H](O)CCCl. The molecule has 0 unspecified atom stereocenters. The van der Waals surface area contributed by atoms with Crippen LogP contribution in [0.5, 0.6) is 0 Å². The molecule has 1 atom stereocenters. The molecule has 0 rings (SSSR count). The van der Waals surface area contributed by atoms with Crippen molar-refractivity contribution in [2.24, 2.45) is 0 Å². The minimum atomic E-state index is -1.30. The van der Waals surface area contributed by atoms with Gasteiger partial charge in [0.15, 0.2) is 6.10 Å². The minimum Gasteiger partial charge on any atom is -0.479 e. The average Bonchev–Trinajstić information content (AvgIpc) is 1.67. The summed E-state index contributed by atoms with van der Waals surface area (Å²) < 4.78 is 0. The van der Waals surface area contributed by atoms with E-state index in [1.54, 1.807) is 0 Å². The predicted molar refractivity (Wildman–Crippen MR) is 29.0 cm³/mol. The molecule has 3 nitrogen and oxygen atoms in total. The zero-order valence-electron chi connectivity index (χ0n) is 4.17. The minimum absolute atomic E-state index is 0.108. The number of carbonyl (C=O) groups is 1. The molecule has 0 heterocycles. The van der Waals surface area contributed by atoms with Gasteiger partial charge in [0, 0.05) is 5.88 Å². The second-order valence-corrected chi connectivity index (χ2v) is 1.71. The molecule has 0 aromatic heterocycles. The van der Waals surface area contributed by atoms with Gasteiger partial charge >= 0.3 is 5.97 Å². The highest BCUT2D eigenvalue weighted by Crippen LogP contribution is 1.92. The number of aliphatic carboxylic acids is 1. The second kappa shape index (κ2) is 3.69. The van der Waals surface area contributed by atoms with Crippen LogP contribution in [0.3, 0.4) is 0 Å². The topological polar surface area (TPSA) is 57.5 Å². The highest BCUT2D eigenvalue weighted by molar-refractivity contribution is 6.18. The van der Waals surface area contributed by atoms with Gasteiger partial charge in [0.25, 0.3) is 0 Å². The van der Waals surface area contributed by atoms with E-state index < -0.39 is 12.1 Å². The van der Waals surface area contributed by atoms with Crippen LogP contribution in [0.25, 0.3) is 0 Å². The third-order valence-electron chi connectivity index (χ3n) is 0.668. The lowest BCUT2D eigenvalue weighted by atomic mass is 10.3. The molecule has 0 fully saturated rings. The number of hydrogen-bond acceptors (Lipinski definition) is 2. The van der Waals surface area contributed by atoms with Crippen LogP contribution < -0.4 is 0 Å². The summed E-state index contributed by atoms with van der Waals surface area (Å²) in [6.07, 6.45) is -1.19. The first-order valence-electron chi connectivity index (χ1n) is 2.15. The number of aliphatic hydroxyl groups excluding tert-OH is 1. The van der Waals surface area contributed by atoms with Crippen LogP contribution in [-0.4, -0.2) is 28.2 Å². The van der Waals surface area contributed by atoms with E-state index in [2.05, 4.69) is 0 Å². The highest BCUT2D eigenvalue weighted by Gasteiger charge is 2.10. The Morgan fingerprint density at radius 2 is 2.25 bits per heavy atom. The van der Waals surface area contributed by atoms with E-state index in [9.17, 15) is 4.79 Å². The quantitative estimate of drug-likeness (QED) is 0.543. The number of hydrogen-bond donors (Lipinski definition) is 2. The average molecular weight is 139 g/mol. The van der Waals surface area contributed by atoms with Crippen LogP contribution in [0.4, 0.5) is 0 Å². The summed E-state index contributed by atoms with van der Waals surface area (Å²) in [5, 5.41) is 16.4. The van der Waals surface area contributed by atoms with E-state index >= 15 is 0 Å². The van der Waals surface area contributed by atoms with Crippen molar-refractivity contribution in [3.8, 4) is 0 Å². The summed E-state index contributed by atoms with van der Waals surface area (Å²) in [5.41, 5.74) is 0. The smallest absolute Gasteiger partial charge is 0.332 e. The molecular weight excluding hydrogens is 131 g/mol. The zero-order chi connectivity index (χ0) is 6.57. The van der Waals surface area contributed by atoms with Gasteiger partial charge in [-0.2, -0.15) is 0 Å². The van der Waals surface area contributed by atoms with Gasteiger partial charge in [-0.25, -0.2) is 4.79 Å². The van der Waals surface area contributed by atoms with Gasteiger partial charge < -0.3 is 10.2 Å². The number of aliphatic hydroxyl groups is 1. The molecule has 0 saturated heterocycles. The first kappa shape index (κ1) is 7.72. The molecule has 0 spiro atoms. The first-order valence-corrected chi connectivity index (χ1v) is 2.68. The molecule has 48 valence electrons. The molecule has 8 heavy (non-hydrogen) atoms. The summed E-state index contributed by atoms with van der Waals surface area (Å²) in [4.78, 5) is 9.78. The van der Waals surface area contributed by atoms with Gasteiger partial charge in [0.1, 0.15) is 0 Å². The van der Waals surface area contributed by atoms with Gasteiger partial charge in [0.2, 0.25) is 0 Å². The molecule has 0 aliphatic rings. The van der Waals surface area contributed by atoms with E-state index in [1.807, 2.05) is 0 Å². The molecule has 0 radical (unpaired) electrons. The largest absolute Gasteiger partial charge is 0.479 e. The van der Waals surface area contributed by atoms with Gasteiger partial charge in [-0.3, -0.25) is 0 Å². The zero-order valence-corrected chi connectivity index (χ0v) is 4.93. The molecular formula is C4H7ClO3. The lowest BCUT2D eigenvalue weighted by Gasteiger charge is -1.98. The van der Waals surface area contributed by atoms with Crippen molar-refractivity contribution in [2.75, 3.05) is 5.88 Å². The maximum Gasteiger partial charge on any atom is 0.332 e. The number of carboxylic acid groups (broad SMARTS) is 1. The first-order chi connectivity index (χ1) is 3.68. The fourth-order valence-electron chi connectivity index (χ4n) is 0.227. The van der Waals surface area contributed by atoms with Crippen molar-refractivity contribution >= 4 is 17.6 Å². The van der Waals surface area contributed by atoms with Crippen molar-refractivity contribution < 1.29 is 15.0 Å². The molecule has 0 aliphatic heterocycles. The molecule has 4 heteroatoms. The predicted octanol–water partition coefficient (Wildman–Crippen LogP) is 0.0608. The summed E-state index contributed by atoms with van der Waals surface area (Å²) in [5.74, 6) is -1.04. The van der Waals surface area contributed by atoms with E-state index in [4.69, 9.17) is 21.8 Å². The molecule has 0 aromatic rings. The van der Waals surface area contributed by atoms with Gasteiger partial charge in [-0.1, -0.05) is 0 Å². The summed E-state index contributed by atoms with van der Waals surface area (Å²) >= 11 is 5.12. The monoisotopic (exact) mass is 138 g/mol. The molecule has 0 amide bonds. The normalized spacial score (nSPS) is 13.2. The lowest BCUT2D eigenvalue weighted by molar-refractivity contribution is -0.146. The fraction of sp³-hybridized carbons (Fsp3) is 0.750. The maximum absolute atomic E-state index is 9.78. The Morgan fingerprint density at radius 1 is 1.75 bits per heavy atom. The highest BCUT2D eigenvalue weighted by atomic mass is 35.5. The van der Waals surface area contributed by atoms with Crippen molar-refractivity contribution in [3.63, 3.8) is 0 Å². The number of rotatable bonds is 3. The van der Waals surface area contributed by atoms with Gasteiger partial charge in [0.05, 0.1) is 0 Å². The van der Waals surface area contributed by atoms with Crippen LogP contribution in [0, 0.1) is 0 Å². The van der Waals surface area contributed by atoms with Crippen LogP contribution in [0.2, 0.25) is 0 Å². The maximum atomic E-state index is 9.78.